The van der Waals surface area contributed by atoms with E-state index in [2.05, 4.69) is 80.0 Å². The monoisotopic (exact) mass is 1060 g/mol. The van der Waals surface area contributed by atoms with Crippen LogP contribution in [0.5, 0.6) is 11.5 Å². The summed E-state index contributed by atoms with van der Waals surface area (Å²) in [6.07, 6.45) is 28.0. The Bertz CT molecular complexity index is 1250. The van der Waals surface area contributed by atoms with Gasteiger partial charge in [0, 0.05) is 52.1 Å². The van der Waals surface area contributed by atoms with Crippen LogP contribution in [-0.2, 0) is 27.4 Å². The Morgan fingerprint density at radius 1 is 0.517 bits per heavy atom. The summed E-state index contributed by atoms with van der Waals surface area (Å²) in [5, 5.41) is 18.7. The van der Waals surface area contributed by atoms with Crippen molar-refractivity contribution in [3.63, 3.8) is 0 Å². The summed E-state index contributed by atoms with van der Waals surface area (Å²) in [6, 6.07) is 14.9. The van der Waals surface area contributed by atoms with E-state index < -0.39 is 14.1 Å². The molecule has 2 rings (SSSR count). The molecule has 0 aliphatic rings. The maximum Gasteiger partial charge on any atom is 0 e. The molecule has 0 heterocycles. The first-order valence-electron chi connectivity index (χ1n) is 21.9. The number of unbranched alkanes of at least 4 members (excludes halogenated alkanes) is 6. The fourth-order valence-electron chi connectivity index (χ4n) is 5.98. The standard InChI is InChI=1S/C26H58N2P2.2C10H13NO.2BrH.2Ni/c1-7-13-21-29(22-14-8-2,23-15-9-3)27-19-20-28-30(24-16-10-4,25-17-11-5)26-18-12-6;2*1-8(2)11-7-9-5-3-4-6-10(9)12;;;;/h7-26H2,1-6H3;2*3-8,12H,1-2H3;2*1H;;/q;;;;;;+2/p-2. The van der Waals surface area contributed by atoms with Gasteiger partial charge in [0.15, 0.2) is 0 Å². The molecule has 0 amide bonds. The van der Waals surface area contributed by atoms with E-state index in [9.17, 15) is 10.2 Å². The zero-order chi connectivity index (χ0) is 43.2. The summed E-state index contributed by atoms with van der Waals surface area (Å²) in [7, 11) is -0.978. The van der Waals surface area contributed by atoms with Crippen molar-refractivity contribution in [2.45, 2.75) is 158 Å². The van der Waals surface area contributed by atoms with Crippen LogP contribution in [0.25, 0.3) is 0 Å². The van der Waals surface area contributed by atoms with E-state index in [-0.39, 0.29) is 40.1 Å². The molecule has 0 aromatic heterocycles. The molecule has 0 atom stereocenters. The number of rotatable bonds is 25. The van der Waals surface area contributed by atoms with E-state index in [4.69, 9.17) is 9.49 Å². The molecule has 2 aromatic rings. The van der Waals surface area contributed by atoms with Gasteiger partial charge in [-0.1, -0.05) is 104 Å². The minimum absolute atomic E-state index is 0. The van der Waals surface area contributed by atoms with Crippen molar-refractivity contribution in [3.8, 4) is 11.5 Å². The molecular formula is C46H84Br2N4Ni2O2P2. The maximum atomic E-state index is 9.33. The van der Waals surface area contributed by atoms with Gasteiger partial charge in [-0.05, 0) is 142 Å². The molecule has 0 aliphatic heterocycles. The average molecular weight is 1060 g/mol. The number of phenols is 2. The molecule has 344 valence electrons. The van der Waals surface area contributed by atoms with E-state index in [1.165, 1.54) is 125 Å². The molecule has 58 heavy (non-hydrogen) atoms. The topological polar surface area (TPSA) is 89.9 Å². The first-order valence-corrected chi connectivity index (χ1v) is 31.4. The molecule has 0 bridgehead atoms. The fourth-order valence-corrected chi connectivity index (χ4v) is 14.6. The zero-order valence-electron chi connectivity index (χ0n) is 38.0. The van der Waals surface area contributed by atoms with Crippen molar-refractivity contribution in [1.82, 2.24) is 0 Å². The summed E-state index contributed by atoms with van der Waals surface area (Å²) in [5.41, 5.74) is 1.54. The molecule has 2 N–H and O–H groups in total. The molecule has 2 aromatic carbocycles. The van der Waals surface area contributed by atoms with Crippen LogP contribution in [0.4, 0.5) is 0 Å². The molecule has 0 saturated carbocycles. The fraction of sp³-hybridized carbons (Fsp3) is 0.696. The first-order chi connectivity index (χ1) is 27.4. The zero-order valence-corrected chi connectivity index (χ0v) is 45.0. The number of phenolic OH excluding ortho intramolecular Hbond substituents is 2. The number of hydrogen-bond donors (Lipinski definition) is 2. The molecular weight excluding hydrogens is 980 g/mol. The van der Waals surface area contributed by atoms with Crippen LogP contribution in [0.2, 0.25) is 0 Å². The van der Waals surface area contributed by atoms with Crippen molar-refractivity contribution in [3.05, 3.63) is 59.7 Å². The second kappa shape index (κ2) is 42.1. The molecule has 0 radical (unpaired) electrons. The van der Waals surface area contributed by atoms with Crippen molar-refractivity contribution < 1.29 is 37.6 Å². The van der Waals surface area contributed by atoms with Gasteiger partial charge in [-0.3, -0.25) is 9.98 Å². The molecule has 0 unspecified atom stereocenters. The van der Waals surface area contributed by atoms with Crippen LogP contribution in [0.3, 0.4) is 0 Å². The van der Waals surface area contributed by atoms with E-state index in [1.807, 2.05) is 52.0 Å². The summed E-state index contributed by atoms with van der Waals surface area (Å²) >= 11 is 6.00. The number of nitrogens with zero attached hydrogens (tertiary/aromatic N) is 4. The van der Waals surface area contributed by atoms with Crippen molar-refractivity contribution in [2.24, 2.45) is 19.5 Å². The van der Waals surface area contributed by atoms with E-state index in [0.29, 0.717) is 0 Å². The molecule has 0 saturated heterocycles. The van der Waals surface area contributed by atoms with Gasteiger partial charge in [0.05, 0.1) is 13.1 Å². The molecule has 6 nitrogen and oxygen atoms in total. The number of aromatic hydroxyl groups is 2. The van der Waals surface area contributed by atoms with Crippen LogP contribution in [0.1, 0.15) is 157 Å². The van der Waals surface area contributed by atoms with Gasteiger partial charge in [-0.2, -0.15) is 0 Å². The molecule has 0 fully saturated rings. The van der Waals surface area contributed by atoms with E-state index in [0.717, 1.165) is 24.2 Å². The van der Waals surface area contributed by atoms with Crippen molar-refractivity contribution >= 4 is 55.0 Å². The summed E-state index contributed by atoms with van der Waals surface area (Å²) in [5.74, 6) is 0.559. The Morgan fingerprint density at radius 3 is 0.966 bits per heavy atom. The SMILES string of the molecule is CC(C)N=Cc1ccccc1O.CC(C)N=Cc1ccccc1O.CCCCP(CCCC)(CCCC)=NCCN=P(CCCC)(CCCC)CCCC.[Br][Ni][Br].[Ni]. The van der Waals surface area contributed by atoms with Crippen LogP contribution >= 0.6 is 42.6 Å². The first kappa shape index (κ1) is 62.1. The van der Waals surface area contributed by atoms with Gasteiger partial charge >= 0.3 is 39.3 Å². The quantitative estimate of drug-likeness (QED) is 0.0449. The Labute approximate surface area is 388 Å². The maximum absolute atomic E-state index is 9.33. The third kappa shape index (κ3) is 33.4. The molecule has 0 aliphatic carbocycles. The minimum atomic E-state index is -1.11. The second-order valence-electron chi connectivity index (χ2n) is 15.3. The minimum Gasteiger partial charge on any atom is 0 e. The van der Waals surface area contributed by atoms with Crippen LogP contribution in [-0.4, -0.2) is 84.8 Å². The normalized spacial score (nSPS) is 11.4. The number of para-hydroxylation sites is 2. The van der Waals surface area contributed by atoms with Crippen LogP contribution in [0.15, 0.2) is 68.0 Å². The van der Waals surface area contributed by atoms with Crippen molar-refractivity contribution in [2.75, 3.05) is 50.1 Å². The summed E-state index contributed by atoms with van der Waals surface area (Å²) < 4.78 is 11.1. The Balaban J connectivity index is -0.000000877. The number of halogens is 2. The molecule has 0 spiro atoms. The number of hydrogen-bond acceptors (Lipinski definition) is 6. The van der Waals surface area contributed by atoms with Gasteiger partial charge in [-0.15, -0.1) is 0 Å². The largest absolute Gasteiger partial charge is 0 e. The predicted octanol–water partition coefficient (Wildman–Crippen LogP) is 16.3. The summed E-state index contributed by atoms with van der Waals surface area (Å²) in [6.45, 7) is 24.1. The Kier molecular flexibility index (Phi) is 45.1. The number of benzene rings is 2. The number of aliphatic imine (C=N–C) groups is 2. The molecule has 12 heteroatoms. The van der Waals surface area contributed by atoms with Gasteiger partial charge < -0.3 is 19.7 Å². The van der Waals surface area contributed by atoms with Gasteiger partial charge in [0.1, 0.15) is 11.5 Å². The Morgan fingerprint density at radius 2 is 0.759 bits per heavy atom. The van der Waals surface area contributed by atoms with Crippen LogP contribution in [0, 0.1) is 0 Å². The van der Waals surface area contributed by atoms with E-state index >= 15 is 0 Å². The third-order valence-electron chi connectivity index (χ3n) is 9.36. The van der Waals surface area contributed by atoms with Crippen molar-refractivity contribution in [1.29, 1.82) is 0 Å². The Hall–Kier alpha value is -0.213. The van der Waals surface area contributed by atoms with E-state index in [1.54, 1.807) is 36.7 Å². The van der Waals surface area contributed by atoms with Gasteiger partial charge in [0.25, 0.3) is 0 Å². The van der Waals surface area contributed by atoms with Crippen LogP contribution < -0.4 is 0 Å². The second-order valence-corrected chi connectivity index (χ2v) is 27.9. The predicted molar refractivity (Wildman–Crippen MR) is 267 cm³/mol. The summed E-state index contributed by atoms with van der Waals surface area (Å²) in [4.78, 5) is 8.34. The smallest absolute Gasteiger partial charge is 0 e. The average Bonchev–Trinajstić information content (AvgIpc) is 3.20. The van der Waals surface area contributed by atoms with Gasteiger partial charge in [-0.25, -0.2) is 0 Å². The van der Waals surface area contributed by atoms with Gasteiger partial charge in [0.2, 0.25) is 0 Å². The third-order valence-corrected chi connectivity index (χ3v) is 17.9.